The summed E-state index contributed by atoms with van der Waals surface area (Å²) in [6.45, 7) is 2.35. The molecule has 2 aromatic rings. The highest BCUT2D eigenvalue weighted by Crippen LogP contribution is 2.31. The minimum absolute atomic E-state index is 0. The second-order valence-electron chi connectivity index (χ2n) is 5.41. The Balaban J connectivity index is 0.00000161. The molecule has 1 amide bonds. The Morgan fingerprint density at radius 2 is 2.24 bits per heavy atom. The fourth-order valence-corrected chi connectivity index (χ4v) is 2.56. The standard InChI is InChI=1S/C15H17ClN2O2.ClH/c1-8-11-6-10(16)4-5-13(11)20-14(8)15(19)18-7-12(17)9-2-3-9;/h4-6,9,12H,2-3,7,17H2,1H3,(H,18,19);1H. The highest BCUT2D eigenvalue weighted by Gasteiger charge is 2.29. The molecule has 0 bridgehead atoms. The third-order valence-electron chi connectivity index (χ3n) is 3.83. The van der Waals surface area contributed by atoms with Crippen LogP contribution in [0, 0.1) is 12.8 Å². The highest BCUT2D eigenvalue weighted by atomic mass is 35.5. The van der Waals surface area contributed by atoms with Crippen molar-refractivity contribution in [1.82, 2.24) is 5.32 Å². The van der Waals surface area contributed by atoms with Crippen LogP contribution in [0.5, 0.6) is 0 Å². The van der Waals surface area contributed by atoms with Gasteiger partial charge in [-0.3, -0.25) is 4.79 Å². The van der Waals surface area contributed by atoms with Crippen molar-refractivity contribution in [1.29, 1.82) is 0 Å². The first-order valence-electron chi connectivity index (χ1n) is 6.78. The van der Waals surface area contributed by atoms with Crippen LogP contribution in [-0.4, -0.2) is 18.5 Å². The van der Waals surface area contributed by atoms with Crippen molar-refractivity contribution in [2.45, 2.75) is 25.8 Å². The number of amides is 1. The number of nitrogens with one attached hydrogen (secondary N) is 1. The number of hydrogen-bond acceptors (Lipinski definition) is 3. The summed E-state index contributed by atoms with van der Waals surface area (Å²) < 4.78 is 5.61. The van der Waals surface area contributed by atoms with Crippen LogP contribution in [0.1, 0.15) is 29.0 Å². The van der Waals surface area contributed by atoms with E-state index >= 15 is 0 Å². The molecule has 4 nitrogen and oxygen atoms in total. The zero-order valence-electron chi connectivity index (χ0n) is 11.7. The van der Waals surface area contributed by atoms with E-state index in [2.05, 4.69) is 5.32 Å². The Morgan fingerprint density at radius 3 is 2.90 bits per heavy atom. The maximum absolute atomic E-state index is 12.2. The molecule has 0 saturated heterocycles. The summed E-state index contributed by atoms with van der Waals surface area (Å²) in [5, 5.41) is 4.34. The summed E-state index contributed by atoms with van der Waals surface area (Å²) in [6.07, 6.45) is 2.33. The van der Waals surface area contributed by atoms with Crippen molar-refractivity contribution < 1.29 is 9.21 Å². The fourth-order valence-electron chi connectivity index (χ4n) is 2.39. The van der Waals surface area contributed by atoms with Crippen LogP contribution in [0.15, 0.2) is 22.6 Å². The summed E-state index contributed by atoms with van der Waals surface area (Å²) >= 11 is 5.97. The van der Waals surface area contributed by atoms with Crippen LogP contribution in [-0.2, 0) is 0 Å². The van der Waals surface area contributed by atoms with Crippen LogP contribution < -0.4 is 11.1 Å². The summed E-state index contributed by atoms with van der Waals surface area (Å²) in [7, 11) is 0. The maximum atomic E-state index is 12.2. The van der Waals surface area contributed by atoms with E-state index in [0.717, 1.165) is 10.9 Å². The SMILES string of the molecule is Cc1c(C(=O)NCC(N)C2CC2)oc2ccc(Cl)cc12.Cl. The molecule has 0 spiro atoms. The molecule has 1 aromatic carbocycles. The Labute approximate surface area is 134 Å². The van der Waals surface area contributed by atoms with Crippen molar-refractivity contribution >= 4 is 40.9 Å². The molecule has 1 fully saturated rings. The molecule has 21 heavy (non-hydrogen) atoms. The molecule has 114 valence electrons. The molecular formula is C15H18Cl2N2O2. The number of rotatable bonds is 4. The van der Waals surface area contributed by atoms with Gasteiger partial charge in [0, 0.05) is 28.6 Å². The molecule has 0 radical (unpaired) electrons. The van der Waals surface area contributed by atoms with E-state index in [1.165, 1.54) is 12.8 Å². The third kappa shape index (κ3) is 3.34. The van der Waals surface area contributed by atoms with Crippen molar-refractivity contribution in [3.05, 3.63) is 34.5 Å². The lowest BCUT2D eigenvalue weighted by Gasteiger charge is -2.10. The van der Waals surface area contributed by atoms with Crippen LogP contribution in [0.2, 0.25) is 5.02 Å². The number of nitrogens with two attached hydrogens (primary N) is 1. The molecule has 1 aliphatic rings. The lowest BCUT2D eigenvalue weighted by molar-refractivity contribution is 0.0924. The summed E-state index contributed by atoms with van der Waals surface area (Å²) in [5.74, 6) is 0.682. The average molecular weight is 329 g/mol. The van der Waals surface area contributed by atoms with Crippen molar-refractivity contribution in [3.63, 3.8) is 0 Å². The lowest BCUT2D eigenvalue weighted by Crippen LogP contribution is -2.38. The number of halogens is 2. The van der Waals surface area contributed by atoms with Crippen molar-refractivity contribution in [3.8, 4) is 0 Å². The zero-order chi connectivity index (χ0) is 14.3. The monoisotopic (exact) mass is 328 g/mol. The van der Waals surface area contributed by atoms with Gasteiger partial charge in [-0.2, -0.15) is 0 Å². The van der Waals surface area contributed by atoms with Gasteiger partial charge in [0.05, 0.1) is 0 Å². The van der Waals surface area contributed by atoms with Gasteiger partial charge in [-0.25, -0.2) is 0 Å². The molecule has 1 atom stereocenters. The van der Waals surface area contributed by atoms with E-state index in [1.807, 2.05) is 13.0 Å². The number of benzene rings is 1. The lowest BCUT2D eigenvalue weighted by atomic mass is 10.1. The first-order chi connectivity index (χ1) is 9.56. The molecule has 3 rings (SSSR count). The normalized spacial score (nSPS) is 15.6. The molecule has 1 aromatic heterocycles. The number of hydrogen-bond donors (Lipinski definition) is 2. The third-order valence-corrected chi connectivity index (χ3v) is 4.07. The van der Waals surface area contributed by atoms with Gasteiger partial charge in [-0.1, -0.05) is 11.6 Å². The Hall–Kier alpha value is -1.23. The van der Waals surface area contributed by atoms with E-state index in [-0.39, 0.29) is 24.4 Å². The molecule has 1 unspecified atom stereocenters. The van der Waals surface area contributed by atoms with Gasteiger partial charge in [0.15, 0.2) is 5.76 Å². The van der Waals surface area contributed by atoms with Gasteiger partial charge >= 0.3 is 0 Å². The highest BCUT2D eigenvalue weighted by molar-refractivity contribution is 6.31. The quantitative estimate of drug-likeness (QED) is 0.904. The van der Waals surface area contributed by atoms with E-state index in [9.17, 15) is 4.79 Å². The second kappa shape index (κ2) is 6.26. The van der Waals surface area contributed by atoms with E-state index < -0.39 is 0 Å². The van der Waals surface area contributed by atoms with Gasteiger partial charge in [0.1, 0.15) is 5.58 Å². The van der Waals surface area contributed by atoms with E-state index in [4.69, 9.17) is 21.8 Å². The molecule has 1 heterocycles. The van der Waals surface area contributed by atoms with Crippen LogP contribution in [0.25, 0.3) is 11.0 Å². The van der Waals surface area contributed by atoms with Gasteiger partial charge in [-0.15, -0.1) is 12.4 Å². The molecular weight excluding hydrogens is 311 g/mol. The largest absolute Gasteiger partial charge is 0.451 e. The van der Waals surface area contributed by atoms with Crippen molar-refractivity contribution in [2.75, 3.05) is 6.54 Å². The minimum Gasteiger partial charge on any atom is -0.451 e. The summed E-state index contributed by atoms with van der Waals surface area (Å²) in [4.78, 5) is 12.2. The number of fused-ring (bicyclic) bond motifs is 1. The Kier molecular flexibility index (Phi) is 4.81. The summed E-state index contributed by atoms with van der Waals surface area (Å²) in [5.41, 5.74) is 7.45. The van der Waals surface area contributed by atoms with Crippen LogP contribution in [0.4, 0.5) is 0 Å². The van der Waals surface area contributed by atoms with E-state index in [1.54, 1.807) is 12.1 Å². The average Bonchev–Trinajstić information content (AvgIpc) is 3.22. The van der Waals surface area contributed by atoms with Gasteiger partial charge in [0.25, 0.3) is 5.91 Å². The smallest absolute Gasteiger partial charge is 0.287 e. The number of aryl methyl sites for hydroxylation is 1. The number of furan rings is 1. The maximum Gasteiger partial charge on any atom is 0.287 e. The summed E-state index contributed by atoms with van der Waals surface area (Å²) in [6, 6.07) is 5.37. The topological polar surface area (TPSA) is 68.3 Å². The van der Waals surface area contributed by atoms with E-state index in [0.29, 0.717) is 28.8 Å². The minimum atomic E-state index is -0.217. The second-order valence-corrected chi connectivity index (χ2v) is 5.84. The Morgan fingerprint density at radius 1 is 1.52 bits per heavy atom. The van der Waals surface area contributed by atoms with Gasteiger partial charge < -0.3 is 15.5 Å². The molecule has 0 aliphatic heterocycles. The van der Waals surface area contributed by atoms with Crippen LogP contribution >= 0.6 is 24.0 Å². The molecule has 6 heteroatoms. The predicted molar refractivity (Wildman–Crippen MR) is 86.2 cm³/mol. The Bertz CT molecular complexity index is 665. The van der Waals surface area contributed by atoms with Crippen molar-refractivity contribution in [2.24, 2.45) is 11.7 Å². The molecule has 1 saturated carbocycles. The first kappa shape index (κ1) is 16.1. The predicted octanol–water partition coefficient (Wildman–Crippen LogP) is 3.28. The zero-order valence-corrected chi connectivity index (χ0v) is 13.3. The molecule has 3 N–H and O–H groups in total. The van der Waals surface area contributed by atoms with Gasteiger partial charge in [-0.05, 0) is 43.9 Å². The van der Waals surface area contributed by atoms with Crippen LogP contribution in [0.3, 0.4) is 0 Å². The molecule has 1 aliphatic carbocycles. The number of carbonyl (C=O) groups is 1. The first-order valence-corrected chi connectivity index (χ1v) is 7.16. The number of carbonyl (C=O) groups excluding carboxylic acids is 1. The van der Waals surface area contributed by atoms with Gasteiger partial charge in [0.2, 0.25) is 0 Å². The fraction of sp³-hybridized carbons (Fsp3) is 0.400.